The zero-order valence-electron chi connectivity index (χ0n) is 11.3. The number of azo groups is 1. The highest BCUT2D eigenvalue weighted by molar-refractivity contribution is 5.94. The third-order valence-electron chi connectivity index (χ3n) is 3.09. The van der Waals surface area contributed by atoms with E-state index in [1.54, 1.807) is 24.3 Å². The number of nitrogens with zero attached hydrogens (tertiary/aromatic N) is 2. The predicted octanol–water partition coefficient (Wildman–Crippen LogP) is 4.22. The van der Waals surface area contributed by atoms with Gasteiger partial charge in [0.05, 0.1) is 11.1 Å². The molecule has 1 heterocycles. The second kappa shape index (κ2) is 5.20. The molecular weight excluding hydrogens is 268 g/mol. The summed E-state index contributed by atoms with van der Waals surface area (Å²) >= 11 is 0. The van der Waals surface area contributed by atoms with Gasteiger partial charge in [-0.05, 0) is 25.1 Å². The van der Waals surface area contributed by atoms with Crippen molar-refractivity contribution in [2.75, 3.05) is 0 Å². The normalized spacial score (nSPS) is 11.3. The van der Waals surface area contributed by atoms with E-state index < -0.39 is 11.6 Å². The molecule has 0 amide bonds. The van der Waals surface area contributed by atoms with Crippen LogP contribution in [0.3, 0.4) is 0 Å². The van der Waals surface area contributed by atoms with Crippen molar-refractivity contribution in [1.82, 2.24) is 0 Å². The minimum Gasteiger partial charge on any atom is -0.480 e. The second-order valence-corrected chi connectivity index (χ2v) is 4.62. The van der Waals surface area contributed by atoms with Crippen LogP contribution in [0.4, 0.5) is 11.4 Å². The third-order valence-corrected chi connectivity index (χ3v) is 3.09. The number of aromatic hydroxyl groups is 1. The van der Waals surface area contributed by atoms with Gasteiger partial charge in [0.2, 0.25) is 0 Å². The van der Waals surface area contributed by atoms with Gasteiger partial charge in [-0.2, -0.15) is 5.11 Å². The van der Waals surface area contributed by atoms with Crippen LogP contribution in [-0.2, 0) is 0 Å². The Morgan fingerprint density at radius 1 is 0.952 bits per heavy atom. The summed E-state index contributed by atoms with van der Waals surface area (Å²) < 4.78 is 4.78. The lowest BCUT2D eigenvalue weighted by molar-refractivity contribution is 0.318. The molecule has 0 saturated carbocycles. The van der Waals surface area contributed by atoms with Crippen molar-refractivity contribution in [2.24, 2.45) is 10.2 Å². The SMILES string of the molecule is Cc1ccc(N=Nc2c(=O)oc(O)c3ccccc23)cc1. The van der Waals surface area contributed by atoms with Gasteiger partial charge in [0.15, 0.2) is 5.69 Å². The van der Waals surface area contributed by atoms with E-state index in [-0.39, 0.29) is 5.69 Å². The van der Waals surface area contributed by atoms with Gasteiger partial charge in [-0.25, -0.2) is 4.79 Å². The van der Waals surface area contributed by atoms with Crippen molar-refractivity contribution in [3.63, 3.8) is 0 Å². The number of fused-ring (bicyclic) bond motifs is 1. The Balaban J connectivity index is 2.12. The summed E-state index contributed by atoms with van der Waals surface area (Å²) in [5, 5.41) is 18.6. The molecule has 0 aliphatic heterocycles. The summed E-state index contributed by atoms with van der Waals surface area (Å²) in [6.07, 6.45) is 0. The van der Waals surface area contributed by atoms with Crippen LogP contribution in [0.2, 0.25) is 0 Å². The second-order valence-electron chi connectivity index (χ2n) is 4.62. The molecule has 0 unspecified atom stereocenters. The quantitative estimate of drug-likeness (QED) is 0.714. The monoisotopic (exact) mass is 280 g/mol. The summed E-state index contributed by atoms with van der Waals surface area (Å²) in [4.78, 5) is 11.8. The van der Waals surface area contributed by atoms with Crippen molar-refractivity contribution < 1.29 is 9.52 Å². The number of hydrogen-bond donors (Lipinski definition) is 1. The maximum atomic E-state index is 11.8. The Morgan fingerprint density at radius 2 is 1.62 bits per heavy atom. The molecule has 0 fully saturated rings. The highest BCUT2D eigenvalue weighted by Gasteiger charge is 2.11. The predicted molar refractivity (Wildman–Crippen MR) is 79.5 cm³/mol. The number of rotatable bonds is 2. The van der Waals surface area contributed by atoms with Crippen molar-refractivity contribution in [3.05, 3.63) is 64.5 Å². The molecule has 3 aromatic rings. The highest BCUT2D eigenvalue weighted by Crippen LogP contribution is 2.30. The van der Waals surface area contributed by atoms with Crippen LogP contribution in [0.25, 0.3) is 10.8 Å². The molecule has 0 atom stereocenters. The first-order chi connectivity index (χ1) is 10.1. The maximum Gasteiger partial charge on any atom is 0.367 e. The lowest BCUT2D eigenvalue weighted by Gasteiger charge is -2.01. The number of aryl methyl sites for hydroxylation is 1. The van der Waals surface area contributed by atoms with Crippen LogP contribution < -0.4 is 5.63 Å². The third kappa shape index (κ3) is 2.53. The molecular formula is C16H12N2O3. The van der Waals surface area contributed by atoms with E-state index in [9.17, 15) is 9.90 Å². The van der Waals surface area contributed by atoms with Gasteiger partial charge in [-0.1, -0.05) is 35.9 Å². The molecule has 3 rings (SSSR count). The Bertz CT molecular complexity index is 880. The first kappa shape index (κ1) is 13.1. The van der Waals surface area contributed by atoms with Gasteiger partial charge in [-0.15, -0.1) is 5.11 Å². The molecule has 0 radical (unpaired) electrons. The minimum absolute atomic E-state index is 0.0731. The highest BCUT2D eigenvalue weighted by atomic mass is 16.5. The van der Waals surface area contributed by atoms with E-state index in [1.165, 1.54) is 0 Å². The molecule has 0 saturated heterocycles. The standard InChI is InChI=1S/C16H12N2O3/c1-10-6-8-11(9-7-10)17-18-14-12-4-2-3-5-13(12)15(19)21-16(14)20/h2-9,19H,1H3. The van der Waals surface area contributed by atoms with E-state index in [0.717, 1.165) is 5.56 Å². The molecule has 5 nitrogen and oxygen atoms in total. The molecule has 0 aliphatic carbocycles. The zero-order valence-corrected chi connectivity index (χ0v) is 11.3. The molecule has 2 aromatic carbocycles. The average Bonchev–Trinajstić information content (AvgIpc) is 2.49. The number of hydrogen-bond acceptors (Lipinski definition) is 5. The number of benzene rings is 2. The summed E-state index contributed by atoms with van der Waals surface area (Å²) in [5.74, 6) is -0.412. The van der Waals surface area contributed by atoms with E-state index in [1.807, 2.05) is 31.2 Å². The van der Waals surface area contributed by atoms with E-state index in [4.69, 9.17) is 4.42 Å². The molecule has 21 heavy (non-hydrogen) atoms. The van der Waals surface area contributed by atoms with E-state index >= 15 is 0 Å². The van der Waals surface area contributed by atoms with Crippen molar-refractivity contribution in [2.45, 2.75) is 6.92 Å². The zero-order chi connectivity index (χ0) is 14.8. The molecule has 0 spiro atoms. The van der Waals surface area contributed by atoms with Gasteiger partial charge in [0, 0.05) is 5.39 Å². The lowest BCUT2D eigenvalue weighted by Crippen LogP contribution is -1.98. The molecule has 1 aromatic heterocycles. The van der Waals surface area contributed by atoms with Crippen molar-refractivity contribution in [1.29, 1.82) is 0 Å². The summed E-state index contributed by atoms with van der Waals surface area (Å²) in [6.45, 7) is 1.98. The molecule has 104 valence electrons. The first-order valence-electron chi connectivity index (χ1n) is 6.38. The molecule has 0 aliphatic rings. The Labute approximate surface area is 120 Å². The minimum atomic E-state index is -0.720. The van der Waals surface area contributed by atoms with Gasteiger partial charge in [-0.3, -0.25) is 0 Å². The van der Waals surface area contributed by atoms with E-state index in [2.05, 4.69) is 10.2 Å². The lowest BCUT2D eigenvalue weighted by atomic mass is 10.1. The summed E-state index contributed by atoms with van der Waals surface area (Å²) in [7, 11) is 0. The van der Waals surface area contributed by atoms with Gasteiger partial charge < -0.3 is 9.52 Å². The Hall–Kier alpha value is -2.95. The fourth-order valence-corrected chi connectivity index (χ4v) is 1.99. The van der Waals surface area contributed by atoms with Crippen LogP contribution in [0, 0.1) is 6.92 Å². The van der Waals surface area contributed by atoms with Crippen LogP contribution in [-0.4, -0.2) is 5.11 Å². The molecule has 1 N–H and O–H groups in total. The Morgan fingerprint density at radius 3 is 2.33 bits per heavy atom. The topological polar surface area (TPSA) is 75.2 Å². The maximum absolute atomic E-state index is 11.8. The van der Waals surface area contributed by atoms with Crippen LogP contribution in [0.15, 0.2) is 68.0 Å². The summed E-state index contributed by atoms with van der Waals surface area (Å²) in [5.41, 5.74) is 1.10. The summed E-state index contributed by atoms with van der Waals surface area (Å²) in [6, 6.07) is 14.3. The molecule has 0 bridgehead atoms. The fraction of sp³-hybridized carbons (Fsp3) is 0.0625. The largest absolute Gasteiger partial charge is 0.480 e. The first-order valence-corrected chi connectivity index (χ1v) is 6.38. The van der Waals surface area contributed by atoms with Gasteiger partial charge in [0.1, 0.15) is 0 Å². The van der Waals surface area contributed by atoms with Crippen LogP contribution in [0.5, 0.6) is 5.95 Å². The van der Waals surface area contributed by atoms with Crippen molar-refractivity contribution >= 4 is 22.1 Å². The molecule has 5 heteroatoms. The Kier molecular flexibility index (Phi) is 3.23. The fourth-order valence-electron chi connectivity index (χ4n) is 1.99. The van der Waals surface area contributed by atoms with Gasteiger partial charge in [0.25, 0.3) is 5.95 Å². The van der Waals surface area contributed by atoms with Gasteiger partial charge >= 0.3 is 5.63 Å². The average molecular weight is 280 g/mol. The smallest absolute Gasteiger partial charge is 0.367 e. The van der Waals surface area contributed by atoms with Crippen molar-refractivity contribution in [3.8, 4) is 5.95 Å². The van der Waals surface area contributed by atoms with Crippen LogP contribution >= 0.6 is 0 Å². The van der Waals surface area contributed by atoms with E-state index in [0.29, 0.717) is 16.5 Å². The van der Waals surface area contributed by atoms with Crippen LogP contribution in [0.1, 0.15) is 5.56 Å².